The lowest BCUT2D eigenvalue weighted by Gasteiger charge is -2.36. The molecule has 0 aromatic carbocycles. The van der Waals surface area contributed by atoms with Crippen molar-refractivity contribution in [3.63, 3.8) is 0 Å². The molecule has 0 atom stereocenters. The van der Waals surface area contributed by atoms with Gasteiger partial charge in [-0.3, -0.25) is 0 Å². The number of aromatic nitrogens is 2. The van der Waals surface area contributed by atoms with E-state index in [-0.39, 0.29) is 6.09 Å². The maximum Gasteiger partial charge on any atom is 0.410 e. The Hall–Kier alpha value is -2.77. The van der Waals surface area contributed by atoms with E-state index in [1.165, 1.54) is 6.39 Å². The second-order valence-corrected chi connectivity index (χ2v) is 7.19. The smallest absolute Gasteiger partial charge is 0.410 e. The number of oxazole rings is 1. The Labute approximate surface area is 153 Å². The molecule has 2 aromatic heterocycles. The molecule has 0 unspecified atom stereocenters. The van der Waals surface area contributed by atoms with Crippen molar-refractivity contribution in [3.05, 3.63) is 36.7 Å². The molecule has 26 heavy (non-hydrogen) atoms. The van der Waals surface area contributed by atoms with Crippen LogP contribution >= 0.6 is 0 Å². The number of rotatable bonds is 4. The van der Waals surface area contributed by atoms with E-state index in [1.807, 2.05) is 39.1 Å². The summed E-state index contributed by atoms with van der Waals surface area (Å²) in [5, 5.41) is 3.20. The molecule has 1 aliphatic heterocycles. The van der Waals surface area contributed by atoms with Crippen LogP contribution in [-0.2, 0) is 11.3 Å². The van der Waals surface area contributed by atoms with Crippen LogP contribution in [-0.4, -0.2) is 52.7 Å². The van der Waals surface area contributed by atoms with Gasteiger partial charge < -0.3 is 24.3 Å². The lowest BCUT2D eigenvalue weighted by Crippen LogP contribution is -2.50. The first-order chi connectivity index (χ1) is 12.4. The Bertz CT molecular complexity index is 701. The first-order valence-electron chi connectivity index (χ1n) is 8.70. The fourth-order valence-electron chi connectivity index (χ4n) is 2.66. The average Bonchev–Trinajstić information content (AvgIpc) is 3.13. The molecule has 1 fully saturated rings. The van der Waals surface area contributed by atoms with Crippen LogP contribution in [0.15, 0.2) is 35.4 Å². The van der Waals surface area contributed by atoms with Gasteiger partial charge in [-0.25, -0.2) is 14.8 Å². The molecule has 0 radical (unpaired) electrons. The number of ether oxygens (including phenoxy) is 1. The molecule has 1 aliphatic rings. The van der Waals surface area contributed by atoms with Gasteiger partial charge in [-0.05, 0) is 32.9 Å². The second-order valence-electron chi connectivity index (χ2n) is 7.19. The highest BCUT2D eigenvalue weighted by atomic mass is 16.6. The number of hydrogen-bond acceptors (Lipinski definition) is 7. The number of pyridine rings is 1. The summed E-state index contributed by atoms with van der Waals surface area (Å²) in [5.74, 6) is 0.782. The number of piperazine rings is 1. The Morgan fingerprint density at radius 1 is 1.23 bits per heavy atom. The van der Waals surface area contributed by atoms with Crippen molar-refractivity contribution in [2.75, 3.05) is 36.4 Å². The molecule has 3 rings (SSSR count). The van der Waals surface area contributed by atoms with Crippen molar-refractivity contribution in [3.8, 4) is 0 Å². The lowest BCUT2D eigenvalue weighted by atomic mass is 10.2. The Morgan fingerprint density at radius 2 is 2.00 bits per heavy atom. The summed E-state index contributed by atoms with van der Waals surface area (Å²) >= 11 is 0. The van der Waals surface area contributed by atoms with E-state index < -0.39 is 5.60 Å². The molecule has 1 saturated heterocycles. The zero-order valence-electron chi connectivity index (χ0n) is 15.4. The molecule has 8 nitrogen and oxygen atoms in total. The molecule has 3 heterocycles. The standard InChI is InChI=1S/C18H25N5O3/c1-18(2,3)26-17(24)23-8-6-22(7-9-23)15-4-5-16(20-11-15)19-10-14-12-25-13-21-14/h4-5,11-13H,6-10H2,1-3H3,(H,19,20). The maximum absolute atomic E-state index is 12.1. The number of hydrogen-bond donors (Lipinski definition) is 1. The van der Waals surface area contributed by atoms with Crippen LogP contribution in [0.2, 0.25) is 0 Å². The zero-order chi connectivity index (χ0) is 18.6. The summed E-state index contributed by atoms with van der Waals surface area (Å²) in [7, 11) is 0. The molecule has 0 aliphatic carbocycles. The molecule has 0 bridgehead atoms. The highest BCUT2D eigenvalue weighted by molar-refractivity contribution is 5.68. The van der Waals surface area contributed by atoms with Crippen LogP contribution in [0, 0.1) is 0 Å². The predicted molar refractivity (Wildman–Crippen MR) is 98.1 cm³/mol. The average molecular weight is 359 g/mol. The number of amides is 1. The van der Waals surface area contributed by atoms with Crippen LogP contribution in [0.25, 0.3) is 0 Å². The second kappa shape index (κ2) is 7.63. The highest BCUT2D eigenvalue weighted by Gasteiger charge is 2.25. The Morgan fingerprint density at radius 3 is 2.58 bits per heavy atom. The minimum atomic E-state index is -0.465. The van der Waals surface area contributed by atoms with Crippen molar-refractivity contribution in [2.24, 2.45) is 0 Å². The third kappa shape index (κ3) is 4.87. The number of nitrogens with one attached hydrogen (secondary N) is 1. The van der Waals surface area contributed by atoms with Gasteiger partial charge in [-0.15, -0.1) is 0 Å². The minimum Gasteiger partial charge on any atom is -0.451 e. The molecular formula is C18H25N5O3. The summed E-state index contributed by atoms with van der Waals surface area (Å²) in [5.41, 5.74) is 1.41. The summed E-state index contributed by atoms with van der Waals surface area (Å²) in [6.07, 6.45) is 4.60. The van der Waals surface area contributed by atoms with Gasteiger partial charge in [0.25, 0.3) is 0 Å². The number of anilines is 2. The first-order valence-corrected chi connectivity index (χ1v) is 8.70. The minimum absolute atomic E-state index is 0.248. The van der Waals surface area contributed by atoms with Crippen LogP contribution in [0.1, 0.15) is 26.5 Å². The monoisotopic (exact) mass is 359 g/mol. The van der Waals surface area contributed by atoms with Crippen molar-refractivity contribution >= 4 is 17.6 Å². The molecule has 0 saturated carbocycles. The molecule has 1 N–H and O–H groups in total. The first kappa shape index (κ1) is 18.0. The van der Waals surface area contributed by atoms with Gasteiger partial charge in [0.1, 0.15) is 17.7 Å². The summed E-state index contributed by atoms with van der Waals surface area (Å²) < 4.78 is 10.4. The van der Waals surface area contributed by atoms with E-state index in [2.05, 4.69) is 20.2 Å². The van der Waals surface area contributed by atoms with Crippen molar-refractivity contribution in [1.82, 2.24) is 14.9 Å². The topological polar surface area (TPSA) is 83.7 Å². The highest BCUT2D eigenvalue weighted by Crippen LogP contribution is 2.19. The van der Waals surface area contributed by atoms with E-state index in [0.29, 0.717) is 19.6 Å². The van der Waals surface area contributed by atoms with E-state index >= 15 is 0 Å². The molecule has 2 aromatic rings. The van der Waals surface area contributed by atoms with Gasteiger partial charge >= 0.3 is 6.09 Å². The van der Waals surface area contributed by atoms with Crippen LogP contribution in [0.4, 0.5) is 16.3 Å². The molecule has 8 heteroatoms. The van der Waals surface area contributed by atoms with Crippen LogP contribution in [0.3, 0.4) is 0 Å². The Balaban J connectivity index is 1.49. The SMILES string of the molecule is CC(C)(C)OC(=O)N1CCN(c2ccc(NCc3cocn3)nc2)CC1. The summed E-state index contributed by atoms with van der Waals surface area (Å²) in [6, 6.07) is 3.97. The number of carbonyl (C=O) groups is 1. The largest absolute Gasteiger partial charge is 0.451 e. The van der Waals surface area contributed by atoms with Gasteiger partial charge in [0.2, 0.25) is 0 Å². The van der Waals surface area contributed by atoms with Crippen LogP contribution in [0.5, 0.6) is 0 Å². The normalized spacial score (nSPS) is 15.0. The lowest BCUT2D eigenvalue weighted by molar-refractivity contribution is 0.0240. The van der Waals surface area contributed by atoms with E-state index in [4.69, 9.17) is 9.15 Å². The predicted octanol–water partition coefficient (Wildman–Crippen LogP) is 2.74. The molecule has 0 spiro atoms. The summed E-state index contributed by atoms with van der Waals surface area (Å²) in [4.78, 5) is 24.6. The van der Waals surface area contributed by atoms with Gasteiger partial charge in [-0.1, -0.05) is 0 Å². The van der Waals surface area contributed by atoms with Crippen molar-refractivity contribution in [1.29, 1.82) is 0 Å². The third-order valence-electron chi connectivity index (χ3n) is 3.98. The van der Waals surface area contributed by atoms with Crippen molar-refractivity contribution < 1.29 is 13.9 Å². The maximum atomic E-state index is 12.1. The fourth-order valence-corrected chi connectivity index (χ4v) is 2.66. The molecule has 1 amide bonds. The van der Waals surface area contributed by atoms with Crippen LogP contribution < -0.4 is 10.2 Å². The van der Waals surface area contributed by atoms with Gasteiger partial charge in [-0.2, -0.15) is 0 Å². The quantitative estimate of drug-likeness (QED) is 0.898. The van der Waals surface area contributed by atoms with E-state index in [0.717, 1.165) is 30.3 Å². The van der Waals surface area contributed by atoms with Gasteiger partial charge in [0.05, 0.1) is 24.1 Å². The summed E-state index contributed by atoms with van der Waals surface area (Å²) in [6.45, 7) is 9.00. The zero-order valence-corrected chi connectivity index (χ0v) is 15.4. The van der Waals surface area contributed by atoms with E-state index in [9.17, 15) is 4.79 Å². The van der Waals surface area contributed by atoms with E-state index in [1.54, 1.807) is 11.2 Å². The fraction of sp³-hybridized carbons (Fsp3) is 0.500. The van der Waals surface area contributed by atoms with Gasteiger partial charge in [0.15, 0.2) is 6.39 Å². The number of nitrogens with zero attached hydrogens (tertiary/aromatic N) is 4. The third-order valence-corrected chi connectivity index (χ3v) is 3.98. The molecular weight excluding hydrogens is 334 g/mol. The van der Waals surface area contributed by atoms with Crippen molar-refractivity contribution in [2.45, 2.75) is 32.9 Å². The number of carbonyl (C=O) groups excluding carboxylic acids is 1. The Kier molecular flexibility index (Phi) is 5.29. The van der Waals surface area contributed by atoms with Gasteiger partial charge in [0, 0.05) is 26.2 Å². The molecule has 140 valence electrons.